The van der Waals surface area contributed by atoms with Gasteiger partial charge in [0.1, 0.15) is 0 Å². The Morgan fingerprint density at radius 3 is 2.70 bits per heavy atom. The Labute approximate surface area is 59.7 Å². The minimum absolute atomic E-state index is 0.0509. The number of amides is 1. The molecule has 0 saturated carbocycles. The maximum Gasteiger partial charge on any atom is 0.220 e. The van der Waals surface area contributed by atoms with E-state index in [1.165, 1.54) is 0 Å². The normalized spacial score (nSPS) is 29.4. The maximum absolute atomic E-state index is 10.9. The summed E-state index contributed by atoms with van der Waals surface area (Å²) in [5.74, 6) is 0.189. The molecular formula is C7H11NO2. The molecule has 2 aliphatic heterocycles. The van der Waals surface area contributed by atoms with Gasteiger partial charge in [0.2, 0.25) is 5.91 Å². The highest BCUT2D eigenvalue weighted by atomic mass is 16.5. The minimum atomic E-state index is 0.0509. The van der Waals surface area contributed by atoms with Crippen molar-refractivity contribution in [2.45, 2.75) is 24.8 Å². The molecule has 1 amide bonds. The smallest absolute Gasteiger partial charge is 0.220 e. The van der Waals surface area contributed by atoms with Gasteiger partial charge in [-0.05, 0) is 12.8 Å². The molecule has 2 rings (SSSR count). The van der Waals surface area contributed by atoms with Crippen LogP contribution in [-0.2, 0) is 9.53 Å². The van der Waals surface area contributed by atoms with Gasteiger partial charge in [0.25, 0.3) is 0 Å². The molecule has 2 fully saturated rings. The zero-order chi connectivity index (χ0) is 7.03. The Bertz CT molecular complexity index is 163. The summed E-state index contributed by atoms with van der Waals surface area (Å²) in [5.41, 5.74) is 0.0509. The second-order valence-electron chi connectivity index (χ2n) is 3.17. The average molecular weight is 141 g/mol. The number of carbonyl (C=O) groups excluding carboxylic acids is 1. The van der Waals surface area contributed by atoms with Crippen molar-refractivity contribution in [3.63, 3.8) is 0 Å². The van der Waals surface area contributed by atoms with Crippen LogP contribution in [0.4, 0.5) is 0 Å². The quantitative estimate of drug-likeness (QED) is 0.518. The number of carbonyl (C=O) groups is 1. The van der Waals surface area contributed by atoms with E-state index in [2.05, 4.69) is 5.32 Å². The van der Waals surface area contributed by atoms with Gasteiger partial charge in [-0.3, -0.25) is 4.79 Å². The van der Waals surface area contributed by atoms with E-state index in [0.29, 0.717) is 6.42 Å². The summed E-state index contributed by atoms with van der Waals surface area (Å²) in [6, 6.07) is 0. The van der Waals surface area contributed by atoms with Crippen molar-refractivity contribution in [1.29, 1.82) is 0 Å². The lowest BCUT2D eigenvalue weighted by Gasteiger charge is -2.44. The van der Waals surface area contributed by atoms with Gasteiger partial charge in [0.05, 0.1) is 18.8 Å². The third-order valence-corrected chi connectivity index (χ3v) is 2.22. The van der Waals surface area contributed by atoms with Crippen LogP contribution in [0, 0.1) is 0 Å². The Balaban J connectivity index is 2.02. The van der Waals surface area contributed by atoms with Crippen molar-refractivity contribution in [3.8, 4) is 0 Å². The average Bonchev–Trinajstić information content (AvgIpc) is 1.85. The second kappa shape index (κ2) is 1.95. The molecule has 1 spiro atoms. The summed E-state index contributed by atoms with van der Waals surface area (Å²) in [7, 11) is 0. The largest absolute Gasteiger partial charge is 0.376 e. The first-order valence-corrected chi connectivity index (χ1v) is 3.70. The molecule has 3 nitrogen and oxygen atoms in total. The second-order valence-corrected chi connectivity index (χ2v) is 3.17. The molecule has 56 valence electrons. The van der Waals surface area contributed by atoms with E-state index in [4.69, 9.17) is 4.74 Å². The number of hydrogen-bond donors (Lipinski definition) is 1. The maximum atomic E-state index is 10.9. The molecule has 0 aromatic rings. The lowest BCUT2D eigenvalue weighted by molar-refractivity contribution is -0.138. The molecule has 2 saturated heterocycles. The molecule has 0 aromatic heterocycles. The fourth-order valence-corrected chi connectivity index (χ4v) is 1.57. The van der Waals surface area contributed by atoms with Gasteiger partial charge in [0.15, 0.2) is 0 Å². The summed E-state index contributed by atoms with van der Waals surface area (Å²) >= 11 is 0. The number of piperidine rings is 1. The summed E-state index contributed by atoms with van der Waals surface area (Å²) in [4.78, 5) is 10.9. The number of hydrogen-bond acceptors (Lipinski definition) is 2. The lowest BCUT2D eigenvalue weighted by atomic mass is 9.87. The van der Waals surface area contributed by atoms with Gasteiger partial charge in [-0.15, -0.1) is 0 Å². The van der Waals surface area contributed by atoms with Crippen molar-refractivity contribution >= 4 is 5.91 Å². The minimum Gasteiger partial charge on any atom is -0.376 e. The van der Waals surface area contributed by atoms with Crippen molar-refractivity contribution in [3.05, 3.63) is 0 Å². The van der Waals surface area contributed by atoms with Crippen LogP contribution in [0.25, 0.3) is 0 Å². The van der Waals surface area contributed by atoms with Gasteiger partial charge < -0.3 is 10.1 Å². The SMILES string of the molecule is O=C1CCCC2(COC2)N1. The molecule has 0 aromatic carbocycles. The summed E-state index contributed by atoms with van der Waals surface area (Å²) in [6.07, 6.45) is 2.82. The van der Waals surface area contributed by atoms with Crippen molar-refractivity contribution in [1.82, 2.24) is 5.32 Å². The van der Waals surface area contributed by atoms with Crippen LogP contribution < -0.4 is 5.32 Å². The van der Waals surface area contributed by atoms with E-state index in [1.54, 1.807) is 0 Å². The molecule has 0 radical (unpaired) electrons. The lowest BCUT2D eigenvalue weighted by Crippen LogP contribution is -2.63. The van der Waals surface area contributed by atoms with Crippen LogP contribution in [0.15, 0.2) is 0 Å². The van der Waals surface area contributed by atoms with E-state index in [9.17, 15) is 4.79 Å². The van der Waals surface area contributed by atoms with Crippen LogP contribution in [0.2, 0.25) is 0 Å². The highest BCUT2D eigenvalue weighted by Gasteiger charge is 2.41. The highest BCUT2D eigenvalue weighted by molar-refractivity contribution is 5.77. The summed E-state index contributed by atoms with van der Waals surface area (Å²) in [5, 5.41) is 2.97. The zero-order valence-electron chi connectivity index (χ0n) is 5.85. The molecule has 0 aliphatic carbocycles. The molecule has 0 atom stereocenters. The van der Waals surface area contributed by atoms with Gasteiger partial charge in [-0.2, -0.15) is 0 Å². The Kier molecular flexibility index (Phi) is 1.20. The van der Waals surface area contributed by atoms with Gasteiger partial charge in [-0.25, -0.2) is 0 Å². The Morgan fingerprint density at radius 2 is 2.30 bits per heavy atom. The molecule has 0 unspecified atom stereocenters. The Hall–Kier alpha value is -0.570. The van der Waals surface area contributed by atoms with Crippen LogP contribution in [0.3, 0.4) is 0 Å². The van der Waals surface area contributed by atoms with Crippen LogP contribution in [0.1, 0.15) is 19.3 Å². The van der Waals surface area contributed by atoms with Crippen LogP contribution in [0.5, 0.6) is 0 Å². The molecular weight excluding hydrogens is 130 g/mol. The van der Waals surface area contributed by atoms with Crippen molar-refractivity contribution in [2.75, 3.05) is 13.2 Å². The molecule has 3 heteroatoms. The molecule has 2 aliphatic rings. The fourth-order valence-electron chi connectivity index (χ4n) is 1.57. The number of nitrogens with one attached hydrogen (secondary N) is 1. The molecule has 1 N–H and O–H groups in total. The monoisotopic (exact) mass is 141 g/mol. The summed E-state index contributed by atoms with van der Waals surface area (Å²) < 4.78 is 5.05. The topological polar surface area (TPSA) is 38.3 Å². The predicted molar refractivity (Wildman–Crippen MR) is 35.5 cm³/mol. The number of rotatable bonds is 0. The zero-order valence-corrected chi connectivity index (χ0v) is 5.85. The third kappa shape index (κ3) is 0.814. The third-order valence-electron chi connectivity index (χ3n) is 2.22. The summed E-state index contributed by atoms with van der Waals surface area (Å²) in [6.45, 7) is 1.44. The first kappa shape index (κ1) is 6.16. The van der Waals surface area contributed by atoms with E-state index in [1.807, 2.05) is 0 Å². The van der Waals surface area contributed by atoms with E-state index >= 15 is 0 Å². The van der Waals surface area contributed by atoms with Crippen molar-refractivity contribution in [2.24, 2.45) is 0 Å². The molecule has 10 heavy (non-hydrogen) atoms. The van der Waals surface area contributed by atoms with Crippen molar-refractivity contribution < 1.29 is 9.53 Å². The van der Waals surface area contributed by atoms with Gasteiger partial charge in [0, 0.05) is 6.42 Å². The number of ether oxygens (including phenoxy) is 1. The molecule has 2 heterocycles. The first-order valence-electron chi connectivity index (χ1n) is 3.70. The van der Waals surface area contributed by atoms with E-state index < -0.39 is 0 Å². The predicted octanol–water partition coefficient (Wildman–Crippen LogP) is 0.0555. The fraction of sp³-hybridized carbons (Fsp3) is 0.857. The molecule has 0 bridgehead atoms. The van der Waals surface area contributed by atoms with Gasteiger partial charge >= 0.3 is 0 Å². The van der Waals surface area contributed by atoms with Gasteiger partial charge in [-0.1, -0.05) is 0 Å². The van der Waals surface area contributed by atoms with E-state index in [-0.39, 0.29) is 11.4 Å². The first-order chi connectivity index (χ1) is 4.81. The Morgan fingerprint density at radius 1 is 1.50 bits per heavy atom. The standard InChI is InChI=1S/C7H11NO2/c9-6-2-1-3-7(8-6)4-10-5-7/h1-5H2,(H,8,9). The van der Waals surface area contributed by atoms with Crippen LogP contribution >= 0.6 is 0 Å². The van der Waals surface area contributed by atoms with Crippen LogP contribution in [-0.4, -0.2) is 24.7 Å². The highest BCUT2D eigenvalue weighted by Crippen LogP contribution is 2.26. The van der Waals surface area contributed by atoms with E-state index in [0.717, 1.165) is 26.1 Å².